The highest BCUT2D eigenvalue weighted by molar-refractivity contribution is 7.99. The summed E-state index contributed by atoms with van der Waals surface area (Å²) in [5.41, 5.74) is -2.28. The summed E-state index contributed by atoms with van der Waals surface area (Å²) >= 11 is 1.23. The van der Waals surface area contributed by atoms with E-state index in [9.17, 15) is 26.3 Å². The molecule has 26 heavy (non-hydrogen) atoms. The van der Waals surface area contributed by atoms with E-state index in [1.807, 2.05) is 6.92 Å². The SMILES string of the molecule is CCSc1cc(C(F)(F)F)c(-c2cccc(C(F)(F)F)c2)nc1C(C)C. The van der Waals surface area contributed by atoms with Gasteiger partial charge in [0.25, 0.3) is 0 Å². The summed E-state index contributed by atoms with van der Waals surface area (Å²) in [6, 6.07) is 4.81. The molecular weight excluding hydrogens is 376 g/mol. The van der Waals surface area contributed by atoms with Gasteiger partial charge in [-0.15, -0.1) is 11.8 Å². The molecule has 0 saturated carbocycles. The van der Waals surface area contributed by atoms with E-state index >= 15 is 0 Å². The molecule has 0 saturated heterocycles. The van der Waals surface area contributed by atoms with Crippen LogP contribution in [-0.4, -0.2) is 10.7 Å². The lowest BCUT2D eigenvalue weighted by Crippen LogP contribution is -2.12. The number of halogens is 6. The van der Waals surface area contributed by atoms with E-state index in [-0.39, 0.29) is 11.5 Å². The fourth-order valence-electron chi connectivity index (χ4n) is 2.47. The van der Waals surface area contributed by atoms with Gasteiger partial charge in [0.1, 0.15) is 0 Å². The van der Waals surface area contributed by atoms with Gasteiger partial charge in [-0.25, -0.2) is 0 Å². The molecule has 2 rings (SSSR count). The van der Waals surface area contributed by atoms with Gasteiger partial charge in [0, 0.05) is 10.5 Å². The van der Waals surface area contributed by atoms with E-state index in [4.69, 9.17) is 0 Å². The van der Waals surface area contributed by atoms with Crippen molar-refractivity contribution in [2.45, 2.75) is 43.9 Å². The van der Waals surface area contributed by atoms with Crippen molar-refractivity contribution in [2.75, 3.05) is 5.75 Å². The van der Waals surface area contributed by atoms with Gasteiger partial charge >= 0.3 is 12.4 Å². The Bertz CT molecular complexity index is 780. The maximum Gasteiger partial charge on any atom is 0.418 e. The summed E-state index contributed by atoms with van der Waals surface area (Å²) in [6.45, 7) is 5.37. The van der Waals surface area contributed by atoms with Gasteiger partial charge in [-0.2, -0.15) is 26.3 Å². The average Bonchev–Trinajstić information content (AvgIpc) is 2.53. The van der Waals surface area contributed by atoms with Crippen molar-refractivity contribution < 1.29 is 26.3 Å². The van der Waals surface area contributed by atoms with Gasteiger partial charge in [0.05, 0.1) is 22.5 Å². The van der Waals surface area contributed by atoms with Crippen LogP contribution < -0.4 is 0 Å². The maximum atomic E-state index is 13.6. The van der Waals surface area contributed by atoms with Crippen LogP contribution in [0.3, 0.4) is 0 Å². The summed E-state index contributed by atoms with van der Waals surface area (Å²) < 4.78 is 79.5. The summed E-state index contributed by atoms with van der Waals surface area (Å²) in [4.78, 5) is 4.54. The minimum atomic E-state index is -4.73. The highest BCUT2D eigenvalue weighted by atomic mass is 32.2. The second kappa shape index (κ2) is 7.50. The first-order valence-electron chi connectivity index (χ1n) is 7.87. The number of nitrogens with zero attached hydrogens (tertiary/aromatic N) is 1. The Morgan fingerprint density at radius 3 is 2.15 bits per heavy atom. The summed E-state index contributed by atoms with van der Waals surface area (Å²) in [6.07, 6.45) is -9.37. The first-order chi connectivity index (χ1) is 11.9. The highest BCUT2D eigenvalue weighted by Gasteiger charge is 2.37. The Labute approximate surface area is 151 Å². The molecule has 1 heterocycles. The molecule has 0 spiro atoms. The normalized spacial score (nSPS) is 12.7. The van der Waals surface area contributed by atoms with Gasteiger partial charge in [-0.1, -0.05) is 32.9 Å². The molecule has 0 bridgehead atoms. The van der Waals surface area contributed by atoms with Gasteiger partial charge in [0.2, 0.25) is 0 Å². The summed E-state index contributed by atoms with van der Waals surface area (Å²) in [7, 11) is 0. The van der Waals surface area contributed by atoms with Crippen molar-refractivity contribution in [1.29, 1.82) is 0 Å². The van der Waals surface area contributed by atoms with Crippen LogP contribution in [0.2, 0.25) is 0 Å². The third-order valence-electron chi connectivity index (χ3n) is 3.63. The zero-order chi connectivity index (χ0) is 19.7. The molecule has 2 aromatic rings. The van der Waals surface area contributed by atoms with Gasteiger partial charge < -0.3 is 0 Å². The molecule has 0 amide bonds. The van der Waals surface area contributed by atoms with Crippen LogP contribution >= 0.6 is 11.8 Å². The molecule has 0 unspecified atom stereocenters. The molecule has 0 aliphatic rings. The van der Waals surface area contributed by atoms with Gasteiger partial charge in [0.15, 0.2) is 0 Å². The molecule has 1 nitrogen and oxygen atoms in total. The molecule has 1 aromatic carbocycles. The third kappa shape index (κ3) is 4.52. The Balaban J connectivity index is 2.76. The number of pyridine rings is 1. The summed E-state index contributed by atoms with van der Waals surface area (Å²) in [5, 5.41) is 0. The lowest BCUT2D eigenvalue weighted by atomic mass is 10.00. The number of hydrogen-bond acceptors (Lipinski definition) is 2. The Morgan fingerprint density at radius 2 is 1.65 bits per heavy atom. The Kier molecular flexibility index (Phi) is 5.95. The number of aromatic nitrogens is 1. The molecule has 8 heteroatoms. The van der Waals surface area contributed by atoms with Crippen molar-refractivity contribution in [1.82, 2.24) is 4.98 Å². The molecule has 0 N–H and O–H groups in total. The van der Waals surface area contributed by atoms with Crippen molar-refractivity contribution >= 4 is 11.8 Å². The molecule has 0 aliphatic carbocycles. The fourth-order valence-corrected chi connectivity index (χ4v) is 3.41. The smallest absolute Gasteiger partial charge is 0.251 e. The third-order valence-corrected chi connectivity index (χ3v) is 4.56. The van der Waals surface area contributed by atoms with Crippen LogP contribution in [0.4, 0.5) is 26.3 Å². The maximum absolute atomic E-state index is 13.6. The topological polar surface area (TPSA) is 12.9 Å². The van der Waals surface area contributed by atoms with E-state index < -0.39 is 29.2 Å². The lowest BCUT2D eigenvalue weighted by molar-refractivity contribution is -0.137. The average molecular weight is 393 g/mol. The first kappa shape index (κ1) is 20.6. The molecular formula is C18H17F6NS. The molecule has 0 atom stereocenters. The summed E-state index contributed by atoms with van der Waals surface area (Å²) in [5.74, 6) is 0.387. The van der Waals surface area contributed by atoms with Crippen LogP contribution in [-0.2, 0) is 12.4 Å². The number of thioether (sulfide) groups is 1. The molecule has 1 aromatic heterocycles. The standard InChI is InChI=1S/C18H17F6NS/c1-4-26-14-9-13(18(22,23)24)16(25-15(14)10(2)3)11-6-5-7-12(8-11)17(19,20)21/h5-10H,4H2,1-3H3. The van der Waals surface area contributed by atoms with Crippen molar-refractivity contribution in [3.8, 4) is 11.3 Å². The van der Waals surface area contributed by atoms with Crippen LogP contribution in [0.5, 0.6) is 0 Å². The van der Waals surface area contributed by atoms with E-state index in [0.717, 1.165) is 18.2 Å². The highest BCUT2D eigenvalue weighted by Crippen LogP contribution is 2.41. The van der Waals surface area contributed by atoms with Crippen LogP contribution in [0.25, 0.3) is 11.3 Å². The number of benzene rings is 1. The Hall–Kier alpha value is -1.70. The van der Waals surface area contributed by atoms with E-state index in [0.29, 0.717) is 22.4 Å². The van der Waals surface area contributed by atoms with Crippen molar-refractivity contribution in [3.63, 3.8) is 0 Å². The minimum Gasteiger partial charge on any atom is -0.251 e. The molecule has 0 aliphatic heterocycles. The zero-order valence-corrected chi connectivity index (χ0v) is 15.1. The zero-order valence-electron chi connectivity index (χ0n) is 14.3. The monoisotopic (exact) mass is 393 g/mol. The predicted molar refractivity (Wildman–Crippen MR) is 90.2 cm³/mol. The lowest BCUT2D eigenvalue weighted by Gasteiger charge is -2.19. The van der Waals surface area contributed by atoms with Crippen LogP contribution in [0.15, 0.2) is 35.2 Å². The Morgan fingerprint density at radius 1 is 1.00 bits per heavy atom. The van der Waals surface area contributed by atoms with Crippen molar-refractivity contribution in [3.05, 3.63) is 47.2 Å². The second-order valence-corrected chi connectivity index (χ2v) is 7.24. The largest absolute Gasteiger partial charge is 0.418 e. The predicted octanol–water partition coefficient (Wildman–Crippen LogP) is 7.02. The first-order valence-corrected chi connectivity index (χ1v) is 8.86. The fraction of sp³-hybridized carbons (Fsp3) is 0.389. The van der Waals surface area contributed by atoms with E-state index in [1.54, 1.807) is 13.8 Å². The number of alkyl halides is 6. The second-order valence-electron chi connectivity index (χ2n) is 5.93. The van der Waals surface area contributed by atoms with Gasteiger partial charge in [-0.3, -0.25) is 4.98 Å². The van der Waals surface area contributed by atoms with Gasteiger partial charge in [-0.05, 0) is 29.9 Å². The van der Waals surface area contributed by atoms with Crippen LogP contribution in [0.1, 0.15) is 43.5 Å². The molecule has 0 radical (unpaired) electrons. The van der Waals surface area contributed by atoms with E-state index in [1.165, 1.54) is 17.8 Å². The quantitative estimate of drug-likeness (QED) is 0.409. The number of hydrogen-bond donors (Lipinski definition) is 0. The molecule has 0 fully saturated rings. The van der Waals surface area contributed by atoms with E-state index in [2.05, 4.69) is 4.98 Å². The molecule has 142 valence electrons. The number of rotatable bonds is 4. The van der Waals surface area contributed by atoms with Crippen LogP contribution in [0, 0.1) is 0 Å². The van der Waals surface area contributed by atoms with Crippen molar-refractivity contribution in [2.24, 2.45) is 0 Å². The minimum absolute atomic E-state index is 0.170.